The molecule has 0 atom stereocenters. The Balaban J connectivity index is 2.02. The smallest absolute Gasteiger partial charge is 0.227 e. The fraction of sp³-hybridized carbons (Fsp3) is 0.562. The monoisotopic (exact) mass is 351 g/mol. The lowest BCUT2D eigenvalue weighted by Crippen LogP contribution is -2.27. The predicted octanol–water partition coefficient (Wildman–Crippen LogP) is 2.07. The molecule has 0 aliphatic carbocycles. The molecule has 8 heteroatoms. The van der Waals surface area contributed by atoms with Crippen LogP contribution in [-0.4, -0.2) is 35.2 Å². The van der Waals surface area contributed by atoms with Crippen molar-refractivity contribution < 1.29 is 8.42 Å². The summed E-state index contributed by atoms with van der Waals surface area (Å²) >= 11 is 0. The summed E-state index contributed by atoms with van der Waals surface area (Å²) in [5.74, 6) is 0.663. The second kappa shape index (κ2) is 6.98. The zero-order chi connectivity index (χ0) is 18.0. The van der Waals surface area contributed by atoms with Crippen molar-refractivity contribution in [1.82, 2.24) is 24.9 Å². The first-order valence-electron chi connectivity index (χ1n) is 7.98. The van der Waals surface area contributed by atoms with E-state index in [-0.39, 0.29) is 22.9 Å². The largest absolute Gasteiger partial charge is 0.240 e. The second-order valence-corrected chi connectivity index (χ2v) is 8.82. The van der Waals surface area contributed by atoms with Gasteiger partial charge in [0.05, 0.1) is 10.9 Å². The van der Waals surface area contributed by atoms with Gasteiger partial charge in [-0.25, -0.2) is 17.8 Å². The molecule has 1 aromatic carbocycles. The highest BCUT2D eigenvalue weighted by Gasteiger charge is 2.18. The molecule has 24 heavy (non-hydrogen) atoms. The number of hydrogen-bond donors (Lipinski definition) is 1. The molecule has 1 N–H and O–H groups in total. The summed E-state index contributed by atoms with van der Waals surface area (Å²) in [5.41, 5.74) is 1.08. The van der Waals surface area contributed by atoms with E-state index in [2.05, 4.69) is 41.0 Å². The standard InChI is InChI=1S/C16H25N5O2S/c1-12(2)21-15(18-19-20-21)10-11-17-24(22,23)14-8-6-13(7-9-14)16(3,4)5/h6-9,12,17H,10-11H2,1-5H3. The van der Waals surface area contributed by atoms with Crippen LogP contribution in [0.5, 0.6) is 0 Å². The van der Waals surface area contributed by atoms with Crippen LogP contribution in [0.25, 0.3) is 0 Å². The summed E-state index contributed by atoms with van der Waals surface area (Å²) in [6.45, 7) is 10.5. The summed E-state index contributed by atoms with van der Waals surface area (Å²) in [6.07, 6.45) is 0.435. The summed E-state index contributed by atoms with van der Waals surface area (Å²) in [5, 5.41) is 11.5. The minimum atomic E-state index is -3.54. The van der Waals surface area contributed by atoms with Gasteiger partial charge in [-0.05, 0) is 47.4 Å². The van der Waals surface area contributed by atoms with E-state index >= 15 is 0 Å². The van der Waals surface area contributed by atoms with Crippen molar-refractivity contribution in [2.45, 2.75) is 57.4 Å². The van der Waals surface area contributed by atoms with Crippen molar-refractivity contribution in [3.63, 3.8) is 0 Å². The van der Waals surface area contributed by atoms with Crippen molar-refractivity contribution in [2.24, 2.45) is 0 Å². The number of rotatable bonds is 6. The fourth-order valence-corrected chi connectivity index (χ4v) is 3.32. The molecule has 1 heterocycles. The highest BCUT2D eigenvalue weighted by Crippen LogP contribution is 2.23. The van der Waals surface area contributed by atoms with Crippen LogP contribution in [0.15, 0.2) is 29.2 Å². The number of nitrogens with zero attached hydrogens (tertiary/aromatic N) is 4. The van der Waals surface area contributed by atoms with Gasteiger partial charge in [-0.3, -0.25) is 0 Å². The Bertz CT molecular complexity index is 774. The van der Waals surface area contributed by atoms with E-state index < -0.39 is 10.0 Å². The summed E-state index contributed by atoms with van der Waals surface area (Å²) < 4.78 is 29.0. The molecule has 0 aliphatic rings. The third kappa shape index (κ3) is 4.39. The van der Waals surface area contributed by atoms with Crippen molar-refractivity contribution in [3.8, 4) is 0 Å². The number of tetrazole rings is 1. The molecule has 132 valence electrons. The predicted molar refractivity (Wildman–Crippen MR) is 92.2 cm³/mol. The molecule has 7 nitrogen and oxygen atoms in total. The zero-order valence-corrected chi connectivity index (χ0v) is 15.6. The molecule has 0 unspecified atom stereocenters. The van der Waals surface area contributed by atoms with E-state index in [0.717, 1.165) is 5.56 Å². The van der Waals surface area contributed by atoms with Gasteiger partial charge >= 0.3 is 0 Å². The Labute approximate surface area is 143 Å². The Morgan fingerprint density at radius 2 is 1.79 bits per heavy atom. The van der Waals surface area contributed by atoms with Crippen molar-refractivity contribution >= 4 is 10.0 Å². The van der Waals surface area contributed by atoms with E-state index in [0.29, 0.717) is 12.2 Å². The normalized spacial score (nSPS) is 12.8. The van der Waals surface area contributed by atoms with Gasteiger partial charge < -0.3 is 0 Å². The van der Waals surface area contributed by atoms with Crippen LogP contribution >= 0.6 is 0 Å². The first-order valence-corrected chi connectivity index (χ1v) is 9.46. The Hall–Kier alpha value is -1.80. The molecule has 2 rings (SSSR count). The number of nitrogens with one attached hydrogen (secondary N) is 1. The first-order chi connectivity index (χ1) is 11.1. The molecule has 0 bridgehead atoms. The summed E-state index contributed by atoms with van der Waals surface area (Å²) in [4.78, 5) is 0.263. The van der Waals surface area contributed by atoms with E-state index in [1.54, 1.807) is 16.8 Å². The van der Waals surface area contributed by atoms with Gasteiger partial charge in [-0.2, -0.15) is 0 Å². The number of hydrogen-bond acceptors (Lipinski definition) is 5. The van der Waals surface area contributed by atoms with E-state index in [4.69, 9.17) is 0 Å². The summed E-state index contributed by atoms with van der Waals surface area (Å²) in [6, 6.07) is 7.13. The SMILES string of the molecule is CC(C)n1nnnc1CCNS(=O)(=O)c1ccc(C(C)(C)C)cc1. The Kier molecular flexibility index (Phi) is 5.39. The number of sulfonamides is 1. The molecular weight excluding hydrogens is 326 g/mol. The third-order valence-electron chi connectivity index (χ3n) is 3.72. The number of aromatic nitrogens is 4. The van der Waals surface area contributed by atoms with E-state index in [1.165, 1.54) is 0 Å². The maximum Gasteiger partial charge on any atom is 0.240 e. The van der Waals surface area contributed by atoms with Gasteiger partial charge in [0.1, 0.15) is 0 Å². The molecule has 0 saturated heterocycles. The van der Waals surface area contributed by atoms with E-state index in [9.17, 15) is 8.42 Å². The lowest BCUT2D eigenvalue weighted by Gasteiger charge is -2.19. The van der Waals surface area contributed by atoms with E-state index in [1.807, 2.05) is 26.0 Å². The lowest BCUT2D eigenvalue weighted by atomic mass is 9.87. The molecule has 0 fully saturated rings. The topological polar surface area (TPSA) is 89.8 Å². The van der Waals surface area contributed by atoms with Crippen LogP contribution in [0, 0.1) is 0 Å². The van der Waals surface area contributed by atoms with Crippen LogP contribution in [0.4, 0.5) is 0 Å². The van der Waals surface area contributed by atoms with Crippen LogP contribution in [0.3, 0.4) is 0 Å². The van der Waals surface area contributed by atoms with Gasteiger partial charge in [-0.1, -0.05) is 32.9 Å². The maximum atomic E-state index is 12.4. The summed E-state index contributed by atoms with van der Waals surface area (Å²) in [7, 11) is -3.54. The molecule has 1 aromatic heterocycles. The van der Waals surface area contributed by atoms with Crippen LogP contribution < -0.4 is 4.72 Å². The highest BCUT2D eigenvalue weighted by atomic mass is 32.2. The molecule has 0 radical (unpaired) electrons. The number of benzene rings is 1. The van der Waals surface area contributed by atoms with Gasteiger partial charge in [0.2, 0.25) is 10.0 Å². The molecule has 0 spiro atoms. The molecule has 0 aliphatic heterocycles. The molecule has 0 amide bonds. The van der Waals surface area contributed by atoms with Gasteiger partial charge in [0, 0.05) is 13.0 Å². The second-order valence-electron chi connectivity index (χ2n) is 7.06. The van der Waals surface area contributed by atoms with Crippen LogP contribution in [-0.2, 0) is 21.9 Å². The molecule has 2 aromatic rings. The Morgan fingerprint density at radius 1 is 1.17 bits per heavy atom. The van der Waals surface area contributed by atoms with Crippen molar-refractivity contribution in [3.05, 3.63) is 35.7 Å². The lowest BCUT2D eigenvalue weighted by molar-refractivity contribution is 0.492. The van der Waals surface area contributed by atoms with Gasteiger partial charge in [-0.15, -0.1) is 5.10 Å². The Morgan fingerprint density at radius 3 is 2.33 bits per heavy atom. The van der Waals surface area contributed by atoms with Crippen LogP contribution in [0.2, 0.25) is 0 Å². The minimum Gasteiger partial charge on any atom is -0.227 e. The van der Waals surface area contributed by atoms with Crippen molar-refractivity contribution in [1.29, 1.82) is 0 Å². The van der Waals surface area contributed by atoms with Gasteiger partial charge in [0.15, 0.2) is 5.82 Å². The minimum absolute atomic E-state index is 0.0103. The highest BCUT2D eigenvalue weighted by molar-refractivity contribution is 7.89. The average Bonchev–Trinajstić information content (AvgIpc) is 2.95. The van der Waals surface area contributed by atoms with Gasteiger partial charge in [0.25, 0.3) is 0 Å². The fourth-order valence-electron chi connectivity index (χ4n) is 2.29. The van der Waals surface area contributed by atoms with Crippen molar-refractivity contribution in [2.75, 3.05) is 6.54 Å². The molecular formula is C16H25N5O2S. The average molecular weight is 351 g/mol. The maximum absolute atomic E-state index is 12.4. The quantitative estimate of drug-likeness (QED) is 0.860. The first kappa shape index (κ1) is 18.5. The van der Waals surface area contributed by atoms with Crippen LogP contribution in [0.1, 0.15) is 52.0 Å². The zero-order valence-electron chi connectivity index (χ0n) is 14.8. The third-order valence-corrected chi connectivity index (χ3v) is 5.20. The molecule has 0 saturated carbocycles.